The molecule has 0 aliphatic heterocycles. The van der Waals surface area contributed by atoms with Crippen LogP contribution in [0.5, 0.6) is 17.2 Å². The molecule has 0 aromatic heterocycles. The maximum Gasteiger partial charge on any atom is 0.488 e. The van der Waals surface area contributed by atoms with E-state index in [1.165, 1.54) is 19.2 Å². The van der Waals surface area contributed by atoms with Gasteiger partial charge < -0.3 is 14.0 Å². The van der Waals surface area contributed by atoms with Gasteiger partial charge in [-0.1, -0.05) is 18.2 Å². The van der Waals surface area contributed by atoms with Crippen molar-refractivity contribution < 1.29 is 27.9 Å². The van der Waals surface area contributed by atoms with Crippen LogP contribution in [0.25, 0.3) is 0 Å². The maximum absolute atomic E-state index is 12.7. The molecule has 0 fully saturated rings. The number of hydrogen-bond donors (Lipinski definition) is 0. The van der Waals surface area contributed by atoms with Crippen molar-refractivity contribution in [3.8, 4) is 17.2 Å². The van der Waals surface area contributed by atoms with Gasteiger partial charge in [-0.25, -0.2) is 9.36 Å². The Kier molecular flexibility index (Phi) is 5.79. The van der Waals surface area contributed by atoms with Gasteiger partial charge in [0.05, 0.1) is 13.7 Å². The van der Waals surface area contributed by atoms with Gasteiger partial charge in [0.15, 0.2) is 0 Å². The molecule has 0 amide bonds. The molecule has 0 radical (unpaired) electrons. The van der Waals surface area contributed by atoms with E-state index in [4.69, 9.17) is 18.5 Å². The van der Waals surface area contributed by atoms with Crippen LogP contribution in [0.4, 0.5) is 4.79 Å². The molecule has 0 saturated carbocycles. The molecule has 23 heavy (non-hydrogen) atoms. The molecule has 0 bridgehead atoms. The largest absolute Gasteiger partial charge is 0.497 e. The molecule has 0 aliphatic rings. The second kappa shape index (κ2) is 7.81. The Bertz CT molecular complexity index is 683. The molecule has 2 aromatic rings. The van der Waals surface area contributed by atoms with E-state index in [0.717, 1.165) is 0 Å². The Morgan fingerprint density at radius 2 is 1.57 bits per heavy atom. The predicted molar refractivity (Wildman–Crippen MR) is 85.3 cm³/mol. The van der Waals surface area contributed by atoms with E-state index < -0.39 is 13.3 Å². The highest BCUT2D eigenvalue weighted by atomic mass is 31.2. The summed E-state index contributed by atoms with van der Waals surface area (Å²) in [4.78, 5) is 12.2. The molecule has 1 atom stereocenters. The van der Waals surface area contributed by atoms with Crippen molar-refractivity contribution in [3.63, 3.8) is 0 Å². The van der Waals surface area contributed by atoms with E-state index in [-0.39, 0.29) is 18.1 Å². The van der Waals surface area contributed by atoms with Crippen LogP contribution in [0.1, 0.15) is 6.92 Å². The summed E-state index contributed by atoms with van der Waals surface area (Å²) >= 11 is 0. The van der Waals surface area contributed by atoms with Crippen molar-refractivity contribution in [2.24, 2.45) is 0 Å². The van der Waals surface area contributed by atoms with Crippen LogP contribution in [0.2, 0.25) is 0 Å². The molecule has 0 heterocycles. The molecule has 0 spiro atoms. The summed E-state index contributed by atoms with van der Waals surface area (Å²) in [6.45, 7) is 1.65. The van der Waals surface area contributed by atoms with Crippen LogP contribution in [-0.2, 0) is 9.09 Å². The fourth-order valence-corrected chi connectivity index (χ4v) is 2.90. The number of rotatable bonds is 7. The standard InChI is InChI=1S/C16H17O6P/c1-3-20-23(18,16(17)21-14-7-5-4-6-8-14)22-15-11-9-13(19-2)10-12-15/h4-12H,3H2,1-2H3/t23-/m1/s1. The highest BCUT2D eigenvalue weighted by Crippen LogP contribution is 2.50. The molecule has 0 unspecified atom stereocenters. The second-order valence-corrected chi connectivity index (χ2v) is 6.16. The average Bonchev–Trinajstić information content (AvgIpc) is 2.56. The summed E-state index contributed by atoms with van der Waals surface area (Å²) < 4.78 is 33.1. The number of benzene rings is 2. The third-order valence-electron chi connectivity index (χ3n) is 2.76. The van der Waals surface area contributed by atoms with E-state index in [1.54, 1.807) is 49.4 Å². The molecule has 0 aliphatic carbocycles. The van der Waals surface area contributed by atoms with Gasteiger partial charge in [-0.2, -0.15) is 0 Å². The van der Waals surface area contributed by atoms with Gasteiger partial charge in [0, 0.05) is 0 Å². The van der Waals surface area contributed by atoms with Crippen LogP contribution in [0, 0.1) is 0 Å². The van der Waals surface area contributed by atoms with E-state index in [0.29, 0.717) is 5.75 Å². The Morgan fingerprint density at radius 1 is 0.957 bits per heavy atom. The number of para-hydroxylation sites is 1. The fourth-order valence-electron chi connectivity index (χ4n) is 1.71. The van der Waals surface area contributed by atoms with Gasteiger partial charge in [0.1, 0.15) is 17.2 Å². The molecular weight excluding hydrogens is 319 g/mol. The van der Waals surface area contributed by atoms with E-state index in [9.17, 15) is 9.36 Å². The molecule has 7 heteroatoms. The smallest absolute Gasteiger partial charge is 0.488 e. The van der Waals surface area contributed by atoms with Gasteiger partial charge in [-0.05, 0) is 43.3 Å². The normalized spacial score (nSPS) is 13.0. The van der Waals surface area contributed by atoms with Crippen molar-refractivity contribution in [1.29, 1.82) is 0 Å². The third kappa shape index (κ3) is 4.58. The monoisotopic (exact) mass is 336 g/mol. The van der Waals surface area contributed by atoms with Gasteiger partial charge >= 0.3 is 13.3 Å². The van der Waals surface area contributed by atoms with Crippen molar-refractivity contribution >= 4 is 13.3 Å². The molecule has 0 N–H and O–H groups in total. The van der Waals surface area contributed by atoms with Gasteiger partial charge in [-0.15, -0.1) is 0 Å². The van der Waals surface area contributed by atoms with E-state index in [2.05, 4.69) is 0 Å². The number of methoxy groups -OCH3 is 1. The zero-order chi connectivity index (χ0) is 16.7. The third-order valence-corrected chi connectivity index (χ3v) is 4.34. The lowest BCUT2D eigenvalue weighted by Crippen LogP contribution is -2.13. The lowest BCUT2D eigenvalue weighted by molar-refractivity contribution is 0.205. The summed E-state index contributed by atoms with van der Waals surface area (Å²) in [6, 6.07) is 14.6. The fraction of sp³-hybridized carbons (Fsp3) is 0.188. The van der Waals surface area contributed by atoms with E-state index in [1.807, 2.05) is 0 Å². The Labute approximate surface area is 134 Å². The first kappa shape index (κ1) is 17.1. The lowest BCUT2D eigenvalue weighted by Gasteiger charge is -2.17. The zero-order valence-corrected chi connectivity index (χ0v) is 13.7. The summed E-state index contributed by atoms with van der Waals surface area (Å²) in [5.74, 6) is 1.08. The molecule has 2 rings (SSSR count). The Balaban J connectivity index is 2.16. The minimum Gasteiger partial charge on any atom is -0.497 e. The number of ether oxygens (including phenoxy) is 2. The SMILES string of the molecule is CCO[P@@](=O)(Oc1ccc(OC)cc1)C(=O)Oc1ccccc1. The first-order chi connectivity index (χ1) is 11.1. The highest BCUT2D eigenvalue weighted by molar-refractivity contribution is 7.71. The molecule has 0 saturated heterocycles. The van der Waals surface area contributed by atoms with Crippen LogP contribution >= 0.6 is 7.60 Å². The zero-order valence-electron chi connectivity index (χ0n) is 12.8. The van der Waals surface area contributed by atoms with E-state index >= 15 is 0 Å². The predicted octanol–water partition coefficient (Wildman–Crippen LogP) is 4.50. The van der Waals surface area contributed by atoms with Crippen LogP contribution < -0.4 is 14.0 Å². The van der Waals surface area contributed by atoms with Crippen molar-refractivity contribution in [2.75, 3.05) is 13.7 Å². The van der Waals surface area contributed by atoms with Crippen LogP contribution in [0.3, 0.4) is 0 Å². The molecule has 6 nitrogen and oxygen atoms in total. The Morgan fingerprint density at radius 3 is 2.13 bits per heavy atom. The summed E-state index contributed by atoms with van der Waals surface area (Å²) in [5, 5.41) is 0. The first-order valence-corrected chi connectivity index (χ1v) is 8.47. The first-order valence-electron chi connectivity index (χ1n) is 6.93. The average molecular weight is 336 g/mol. The number of carbonyl (C=O) groups excluding carboxylic acids is 1. The number of hydrogen-bond acceptors (Lipinski definition) is 6. The minimum atomic E-state index is -4.12. The number of carbonyl (C=O) groups is 1. The molecule has 2 aromatic carbocycles. The lowest BCUT2D eigenvalue weighted by atomic mass is 10.3. The summed E-state index contributed by atoms with van der Waals surface area (Å²) in [7, 11) is -2.60. The summed E-state index contributed by atoms with van der Waals surface area (Å²) in [6.07, 6.45) is 0. The second-order valence-electron chi connectivity index (χ2n) is 4.36. The van der Waals surface area contributed by atoms with Crippen molar-refractivity contribution in [1.82, 2.24) is 0 Å². The molecular formula is C16H17O6P. The van der Waals surface area contributed by atoms with Crippen LogP contribution in [0.15, 0.2) is 54.6 Å². The summed E-state index contributed by atoms with van der Waals surface area (Å²) in [5.41, 5.74) is -1.07. The quantitative estimate of drug-likeness (QED) is 0.693. The van der Waals surface area contributed by atoms with Crippen LogP contribution in [-0.4, -0.2) is 19.4 Å². The van der Waals surface area contributed by atoms with Crippen molar-refractivity contribution in [3.05, 3.63) is 54.6 Å². The maximum atomic E-state index is 12.7. The van der Waals surface area contributed by atoms with Gasteiger partial charge in [0.2, 0.25) is 0 Å². The van der Waals surface area contributed by atoms with Crippen molar-refractivity contribution in [2.45, 2.75) is 6.92 Å². The topological polar surface area (TPSA) is 71.1 Å². The van der Waals surface area contributed by atoms with Gasteiger partial charge in [0.25, 0.3) is 0 Å². The highest BCUT2D eigenvalue weighted by Gasteiger charge is 2.39. The Hall–Kier alpha value is -2.30. The molecule has 122 valence electrons. The van der Waals surface area contributed by atoms with Gasteiger partial charge in [-0.3, -0.25) is 4.52 Å². The minimum absolute atomic E-state index is 0.0390.